The van der Waals surface area contributed by atoms with E-state index in [4.69, 9.17) is 0 Å². The minimum atomic E-state index is 0.140. The second-order valence-electron chi connectivity index (χ2n) is 2.76. The molecule has 0 aliphatic heterocycles. The Morgan fingerprint density at radius 1 is 1.67 bits per heavy atom. The second-order valence-corrected chi connectivity index (χ2v) is 4.92. The van der Waals surface area contributed by atoms with Crippen LogP contribution < -0.4 is 0 Å². The van der Waals surface area contributed by atoms with Gasteiger partial charge in [0.2, 0.25) is 0 Å². The zero-order valence-electron chi connectivity index (χ0n) is 8.30. The van der Waals surface area contributed by atoms with Crippen LogP contribution >= 0.6 is 23.1 Å². The van der Waals surface area contributed by atoms with Crippen LogP contribution in [0.25, 0.3) is 6.08 Å². The Kier molecular flexibility index (Phi) is 5.28. The summed E-state index contributed by atoms with van der Waals surface area (Å²) in [4.78, 5) is 25.0. The second kappa shape index (κ2) is 6.53. The maximum Gasteiger partial charge on any atom is 0.185 e. The molecule has 0 fully saturated rings. The lowest BCUT2D eigenvalue weighted by Gasteiger charge is -1.90. The van der Waals surface area contributed by atoms with E-state index in [0.29, 0.717) is 5.69 Å². The summed E-state index contributed by atoms with van der Waals surface area (Å²) in [6.45, 7) is 1.56. The molecule has 0 aliphatic carbocycles. The molecule has 0 saturated carbocycles. The highest BCUT2D eigenvalue weighted by Crippen LogP contribution is 2.11. The first-order chi connectivity index (χ1) is 7.22. The minimum Gasteiger partial charge on any atom is -0.296 e. The number of aromatic nitrogens is 1. The molecule has 0 saturated heterocycles. The summed E-state index contributed by atoms with van der Waals surface area (Å²) in [5.74, 6) is 0.789. The molecule has 1 aromatic rings. The number of aldehydes is 1. The number of rotatable bonds is 5. The summed E-state index contributed by atoms with van der Waals surface area (Å²) >= 11 is 2.75. The quantitative estimate of drug-likeness (QED) is 0.587. The van der Waals surface area contributed by atoms with Crippen molar-refractivity contribution in [3.63, 3.8) is 0 Å². The molecule has 1 heterocycles. The predicted octanol–water partition coefficient (Wildman–Crippen LogP) is 2.64. The molecule has 5 heteroatoms. The van der Waals surface area contributed by atoms with Crippen LogP contribution in [-0.2, 0) is 4.79 Å². The van der Waals surface area contributed by atoms with Crippen molar-refractivity contribution in [2.75, 3.05) is 5.75 Å². The van der Waals surface area contributed by atoms with Crippen LogP contribution in [0.4, 0.5) is 0 Å². The highest BCUT2D eigenvalue weighted by atomic mass is 32.2. The maximum absolute atomic E-state index is 10.6. The predicted molar refractivity (Wildman–Crippen MR) is 64.3 cm³/mol. The van der Waals surface area contributed by atoms with Gasteiger partial charge in [0.15, 0.2) is 11.4 Å². The zero-order chi connectivity index (χ0) is 11.1. The minimum absolute atomic E-state index is 0.140. The molecular weight excluding hydrogens is 230 g/mol. The van der Waals surface area contributed by atoms with Crippen LogP contribution in [0, 0.1) is 0 Å². The van der Waals surface area contributed by atoms with Gasteiger partial charge in [-0.1, -0.05) is 17.8 Å². The van der Waals surface area contributed by atoms with Crippen molar-refractivity contribution in [2.45, 2.75) is 13.3 Å². The third-order valence-corrected chi connectivity index (χ3v) is 3.19. The zero-order valence-corrected chi connectivity index (χ0v) is 9.94. The van der Waals surface area contributed by atoms with E-state index in [1.807, 2.05) is 12.2 Å². The summed E-state index contributed by atoms with van der Waals surface area (Å²) in [6.07, 6.45) is 5.40. The van der Waals surface area contributed by atoms with Gasteiger partial charge >= 0.3 is 0 Å². The monoisotopic (exact) mass is 241 g/mol. The van der Waals surface area contributed by atoms with Crippen molar-refractivity contribution in [3.05, 3.63) is 22.2 Å². The molecule has 0 spiro atoms. The molecule has 0 amide bonds. The van der Waals surface area contributed by atoms with Gasteiger partial charge in [-0.2, -0.15) is 0 Å². The molecule has 0 bridgehead atoms. The summed E-state index contributed by atoms with van der Waals surface area (Å²) in [7, 11) is 0. The van der Waals surface area contributed by atoms with Gasteiger partial charge in [-0.15, -0.1) is 11.3 Å². The molecule has 3 nitrogen and oxygen atoms in total. The van der Waals surface area contributed by atoms with Gasteiger partial charge < -0.3 is 0 Å². The standard InChI is InChI=1S/C10H11NO2S2/c1-8(13)14-5-3-2-4-10-11-9(6-12)7-15-10/h2,4,6-7H,3,5H2,1H3. The Balaban J connectivity index is 2.31. The van der Waals surface area contributed by atoms with Gasteiger partial charge in [0.1, 0.15) is 10.7 Å². The van der Waals surface area contributed by atoms with Crippen LogP contribution in [0.2, 0.25) is 0 Å². The summed E-state index contributed by atoms with van der Waals surface area (Å²) in [5.41, 5.74) is 0.470. The lowest BCUT2D eigenvalue weighted by atomic mass is 10.4. The molecule has 0 unspecified atom stereocenters. The summed E-state index contributed by atoms with van der Waals surface area (Å²) in [6, 6.07) is 0. The van der Waals surface area contributed by atoms with Crippen molar-refractivity contribution in [1.29, 1.82) is 0 Å². The van der Waals surface area contributed by atoms with Crippen LogP contribution in [0.1, 0.15) is 28.8 Å². The van der Waals surface area contributed by atoms with Crippen LogP contribution in [0.3, 0.4) is 0 Å². The molecule has 80 valence electrons. The Morgan fingerprint density at radius 3 is 3.07 bits per heavy atom. The third-order valence-electron chi connectivity index (χ3n) is 1.51. The molecule has 0 atom stereocenters. The van der Waals surface area contributed by atoms with Crippen molar-refractivity contribution < 1.29 is 9.59 Å². The van der Waals surface area contributed by atoms with Crippen molar-refractivity contribution in [3.8, 4) is 0 Å². The SMILES string of the molecule is CC(=O)SCCC=Cc1nc(C=O)cs1. The topological polar surface area (TPSA) is 47.0 Å². The first kappa shape index (κ1) is 12.1. The van der Waals surface area contributed by atoms with E-state index in [9.17, 15) is 9.59 Å². The molecule has 0 aromatic carbocycles. The smallest absolute Gasteiger partial charge is 0.185 e. The van der Waals surface area contributed by atoms with E-state index in [-0.39, 0.29) is 5.12 Å². The summed E-state index contributed by atoms with van der Waals surface area (Å²) < 4.78 is 0. The highest BCUT2D eigenvalue weighted by Gasteiger charge is 1.96. The van der Waals surface area contributed by atoms with E-state index >= 15 is 0 Å². The van der Waals surface area contributed by atoms with Gasteiger partial charge in [0, 0.05) is 18.1 Å². The van der Waals surface area contributed by atoms with E-state index in [1.54, 1.807) is 12.3 Å². The van der Waals surface area contributed by atoms with Crippen molar-refractivity contribution >= 4 is 40.6 Å². The number of carbonyl (C=O) groups is 2. The Hall–Kier alpha value is -0.940. The third kappa shape index (κ3) is 4.90. The van der Waals surface area contributed by atoms with E-state index in [1.165, 1.54) is 23.1 Å². The molecule has 1 rings (SSSR count). The normalized spacial score (nSPS) is 10.7. The van der Waals surface area contributed by atoms with Crippen LogP contribution in [-0.4, -0.2) is 22.1 Å². The number of thioether (sulfide) groups is 1. The van der Waals surface area contributed by atoms with Crippen LogP contribution in [0.5, 0.6) is 0 Å². The van der Waals surface area contributed by atoms with Crippen molar-refractivity contribution in [2.24, 2.45) is 0 Å². The van der Waals surface area contributed by atoms with Gasteiger partial charge in [-0.05, 0) is 12.5 Å². The van der Waals surface area contributed by atoms with E-state index in [0.717, 1.165) is 23.5 Å². The van der Waals surface area contributed by atoms with Gasteiger partial charge in [-0.3, -0.25) is 9.59 Å². The fraction of sp³-hybridized carbons (Fsp3) is 0.300. The number of carbonyl (C=O) groups excluding carboxylic acids is 2. The average molecular weight is 241 g/mol. The Morgan fingerprint density at radius 2 is 2.47 bits per heavy atom. The molecule has 0 radical (unpaired) electrons. The van der Waals surface area contributed by atoms with Gasteiger partial charge in [0.05, 0.1) is 0 Å². The number of allylic oxidation sites excluding steroid dienone is 1. The maximum atomic E-state index is 10.6. The highest BCUT2D eigenvalue weighted by molar-refractivity contribution is 8.13. The number of hydrogen-bond acceptors (Lipinski definition) is 5. The fourth-order valence-electron chi connectivity index (χ4n) is 0.886. The first-order valence-electron chi connectivity index (χ1n) is 4.43. The molecule has 15 heavy (non-hydrogen) atoms. The Labute approximate surface area is 96.6 Å². The largest absolute Gasteiger partial charge is 0.296 e. The molecule has 0 N–H and O–H groups in total. The van der Waals surface area contributed by atoms with Crippen molar-refractivity contribution in [1.82, 2.24) is 4.98 Å². The van der Waals surface area contributed by atoms with Gasteiger partial charge in [-0.25, -0.2) is 4.98 Å². The number of hydrogen-bond donors (Lipinski definition) is 0. The molecular formula is C10H11NO2S2. The van der Waals surface area contributed by atoms with Crippen LogP contribution in [0.15, 0.2) is 11.5 Å². The molecule has 0 aliphatic rings. The van der Waals surface area contributed by atoms with E-state index < -0.39 is 0 Å². The summed E-state index contributed by atoms with van der Waals surface area (Å²) in [5, 5.41) is 2.68. The molecule has 1 aromatic heterocycles. The lowest BCUT2D eigenvalue weighted by Crippen LogP contribution is -1.83. The average Bonchev–Trinajstić information content (AvgIpc) is 2.65. The first-order valence-corrected chi connectivity index (χ1v) is 6.29. The lowest BCUT2D eigenvalue weighted by molar-refractivity contribution is -0.109. The van der Waals surface area contributed by atoms with E-state index in [2.05, 4.69) is 4.98 Å². The number of nitrogens with zero attached hydrogens (tertiary/aromatic N) is 1. The van der Waals surface area contributed by atoms with Gasteiger partial charge in [0.25, 0.3) is 0 Å². The number of thiazole rings is 1. The fourth-order valence-corrected chi connectivity index (χ4v) is 2.11. The Bertz CT molecular complexity index is 371.